The largest absolute Gasteiger partial charge is 0.307 e. The van der Waals surface area contributed by atoms with E-state index in [0.29, 0.717) is 11.5 Å². The monoisotopic (exact) mass is 126 g/mol. The fraction of sp³-hybridized carbons (Fsp3) is 0.857. The van der Waals surface area contributed by atoms with E-state index in [0.717, 1.165) is 6.42 Å². The molecule has 0 saturated carbocycles. The van der Waals surface area contributed by atoms with Gasteiger partial charge in [0.1, 0.15) is 0 Å². The summed E-state index contributed by atoms with van der Waals surface area (Å²) in [4.78, 5) is 0. The molecule has 1 aliphatic heterocycles. The lowest BCUT2D eigenvalue weighted by Crippen LogP contribution is -2.40. The van der Waals surface area contributed by atoms with E-state index in [2.05, 4.69) is 31.3 Å². The first-order valence-electron chi connectivity index (χ1n) is 3.40. The Kier molecular flexibility index (Phi) is 1.47. The van der Waals surface area contributed by atoms with E-state index >= 15 is 0 Å². The second kappa shape index (κ2) is 2.01. The Bertz CT molecular complexity index is 127. The molecule has 0 aromatic carbocycles. The topological polar surface area (TPSA) is 24.4 Å². The predicted octanol–water partition coefficient (Wildman–Crippen LogP) is 1.38. The molecule has 0 fully saturated rings. The average Bonchev–Trinajstić information content (AvgIpc) is 1.77. The van der Waals surface area contributed by atoms with E-state index in [4.69, 9.17) is 0 Å². The number of hydrogen-bond donors (Lipinski definition) is 1. The highest BCUT2D eigenvalue weighted by atomic mass is 15.3. The minimum Gasteiger partial charge on any atom is -0.307 e. The third-order valence-electron chi connectivity index (χ3n) is 2.15. The third-order valence-corrected chi connectivity index (χ3v) is 2.15. The van der Waals surface area contributed by atoms with Crippen molar-refractivity contribution in [3.05, 3.63) is 0 Å². The van der Waals surface area contributed by atoms with Crippen molar-refractivity contribution in [1.82, 2.24) is 5.43 Å². The molecule has 2 nitrogen and oxygen atoms in total. The van der Waals surface area contributed by atoms with E-state index in [1.54, 1.807) is 0 Å². The van der Waals surface area contributed by atoms with Gasteiger partial charge in [-0.3, -0.25) is 0 Å². The van der Waals surface area contributed by atoms with Gasteiger partial charge < -0.3 is 5.43 Å². The molecule has 1 heterocycles. The van der Waals surface area contributed by atoms with Crippen molar-refractivity contribution in [3.8, 4) is 0 Å². The molecular weight excluding hydrogens is 112 g/mol. The summed E-state index contributed by atoms with van der Waals surface area (Å²) >= 11 is 0. The van der Waals surface area contributed by atoms with Crippen LogP contribution in [0.25, 0.3) is 0 Å². The molecule has 0 aliphatic carbocycles. The molecule has 0 saturated heterocycles. The maximum Gasteiger partial charge on any atom is 0.0466 e. The van der Waals surface area contributed by atoms with Crippen molar-refractivity contribution in [3.63, 3.8) is 0 Å². The summed E-state index contributed by atoms with van der Waals surface area (Å²) in [6.45, 7) is 6.65. The van der Waals surface area contributed by atoms with Gasteiger partial charge in [-0.25, -0.2) is 0 Å². The fourth-order valence-corrected chi connectivity index (χ4v) is 0.797. The molecule has 1 rings (SSSR count). The highest BCUT2D eigenvalue weighted by Gasteiger charge is 2.26. The van der Waals surface area contributed by atoms with Gasteiger partial charge in [-0.1, -0.05) is 13.8 Å². The van der Waals surface area contributed by atoms with Gasteiger partial charge in [0.05, 0.1) is 0 Å². The van der Waals surface area contributed by atoms with E-state index in [9.17, 15) is 0 Å². The number of nitrogens with one attached hydrogen (secondary N) is 1. The first kappa shape index (κ1) is 6.59. The lowest BCUT2D eigenvalue weighted by molar-refractivity contribution is 0.258. The molecule has 2 heteroatoms. The van der Waals surface area contributed by atoms with Crippen molar-refractivity contribution in [2.45, 2.75) is 33.2 Å². The second-order valence-electron chi connectivity index (χ2n) is 3.36. The summed E-state index contributed by atoms with van der Waals surface area (Å²) < 4.78 is 0. The van der Waals surface area contributed by atoms with Crippen LogP contribution in [0.5, 0.6) is 0 Å². The molecule has 0 radical (unpaired) electrons. The highest BCUT2D eigenvalue weighted by molar-refractivity contribution is 5.58. The van der Waals surface area contributed by atoms with Gasteiger partial charge in [0, 0.05) is 12.3 Å². The van der Waals surface area contributed by atoms with Gasteiger partial charge in [-0.15, -0.1) is 0 Å². The zero-order valence-electron chi connectivity index (χ0n) is 6.31. The summed E-state index contributed by atoms with van der Waals surface area (Å²) in [7, 11) is 0. The zero-order valence-corrected chi connectivity index (χ0v) is 6.31. The van der Waals surface area contributed by atoms with E-state index in [1.165, 1.54) is 0 Å². The SMILES string of the molecule is CC1NN=CCC1(C)C. The smallest absolute Gasteiger partial charge is 0.0466 e. The minimum atomic E-state index is 0.377. The Hall–Kier alpha value is -0.530. The Morgan fingerprint density at radius 3 is 2.67 bits per heavy atom. The van der Waals surface area contributed by atoms with Gasteiger partial charge in [0.25, 0.3) is 0 Å². The van der Waals surface area contributed by atoms with Gasteiger partial charge in [0.15, 0.2) is 0 Å². The quantitative estimate of drug-likeness (QED) is 0.521. The van der Waals surface area contributed by atoms with E-state index < -0.39 is 0 Å². The molecule has 0 aromatic rings. The lowest BCUT2D eigenvalue weighted by Gasteiger charge is -2.32. The normalized spacial score (nSPS) is 31.7. The van der Waals surface area contributed by atoms with Crippen molar-refractivity contribution < 1.29 is 0 Å². The molecule has 0 bridgehead atoms. The van der Waals surface area contributed by atoms with Gasteiger partial charge >= 0.3 is 0 Å². The molecule has 0 aromatic heterocycles. The molecule has 9 heavy (non-hydrogen) atoms. The molecule has 1 N–H and O–H groups in total. The predicted molar refractivity (Wildman–Crippen MR) is 39.5 cm³/mol. The van der Waals surface area contributed by atoms with Crippen molar-refractivity contribution in [2.24, 2.45) is 10.5 Å². The molecule has 0 amide bonds. The van der Waals surface area contributed by atoms with Crippen molar-refractivity contribution in [2.75, 3.05) is 0 Å². The van der Waals surface area contributed by atoms with Crippen LogP contribution in [0.1, 0.15) is 27.2 Å². The maximum atomic E-state index is 3.98. The number of hydrazone groups is 1. The third kappa shape index (κ3) is 1.23. The lowest BCUT2D eigenvalue weighted by atomic mass is 9.82. The van der Waals surface area contributed by atoms with Crippen LogP contribution in [0.4, 0.5) is 0 Å². The fourth-order valence-electron chi connectivity index (χ4n) is 0.797. The summed E-state index contributed by atoms with van der Waals surface area (Å²) in [6, 6.07) is 0.502. The Morgan fingerprint density at radius 1 is 1.67 bits per heavy atom. The highest BCUT2D eigenvalue weighted by Crippen LogP contribution is 2.25. The summed E-state index contributed by atoms with van der Waals surface area (Å²) in [5.41, 5.74) is 3.42. The van der Waals surface area contributed by atoms with Crippen LogP contribution >= 0.6 is 0 Å². The van der Waals surface area contributed by atoms with Crippen LogP contribution < -0.4 is 5.43 Å². The van der Waals surface area contributed by atoms with Gasteiger partial charge in [-0.2, -0.15) is 5.10 Å². The molecule has 0 spiro atoms. The summed E-state index contributed by atoms with van der Waals surface area (Å²) in [6.07, 6.45) is 3.03. The number of rotatable bonds is 0. The maximum absolute atomic E-state index is 3.98. The van der Waals surface area contributed by atoms with Crippen molar-refractivity contribution in [1.29, 1.82) is 0 Å². The standard InChI is InChI=1S/C7H14N2/c1-6-7(2,3)4-5-8-9-6/h5-6,9H,4H2,1-3H3. The molecular formula is C7H14N2. The van der Waals surface area contributed by atoms with Crippen LogP contribution in [0, 0.1) is 5.41 Å². The number of nitrogens with zero attached hydrogens (tertiary/aromatic N) is 1. The first-order chi connectivity index (χ1) is 4.13. The van der Waals surface area contributed by atoms with Crippen LogP contribution in [-0.2, 0) is 0 Å². The Balaban J connectivity index is 2.64. The van der Waals surface area contributed by atoms with E-state index in [-0.39, 0.29) is 0 Å². The number of hydrogen-bond acceptors (Lipinski definition) is 2. The first-order valence-corrected chi connectivity index (χ1v) is 3.40. The van der Waals surface area contributed by atoms with Gasteiger partial charge in [-0.05, 0) is 18.8 Å². The van der Waals surface area contributed by atoms with E-state index in [1.807, 2.05) is 6.21 Å². The van der Waals surface area contributed by atoms with Crippen LogP contribution in [0.2, 0.25) is 0 Å². The Morgan fingerprint density at radius 2 is 2.33 bits per heavy atom. The Labute approximate surface area is 56.3 Å². The van der Waals surface area contributed by atoms with Gasteiger partial charge in [0.2, 0.25) is 0 Å². The molecule has 1 atom stereocenters. The van der Waals surface area contributed by atoms with Crippen LogP contribution in [0.15, 0.2) is 5.10 Å². The van der Waals surface area contributed by atoms with Crippen LogP contribution in [-0.4, -0.2) is 12.3 Å². The summed E-state index contributed by atoms with van der Waals surface area (Å²) in [5, 5.41) is 3.98. The molecule has 1 aliphatic rings. The molecule has 52 valence electrons. The minimum absolute atomic E-state index is 0.377. The second-order valence-corrected chi connectivity index (χ2v) is 3.36. The van der Waals surface area contributed by atoms with Crippen molar-refractivity contribution >= 4 is 6.21 Å². The average molecular weight is 126 g/mol. The zero-order chi connectivity index (χ0) is 6.91. The van der Waals surface area contributed by atoms with Crippen LogP contribution in [0.3, 0.4) is 0 Å². The molecule has 1 unspecified atom stereocenters. The summed E-state index contributed by atoms with van der Waals surface area (Å²) in [5.74, 6) is 0.